The number of halogens is 1. The largest absolute Gasteiger partial charge is 0.391 e. The Morgan fingerprint density at radius 3 is 2.65 bits per heavy atom. The van der Waals surface area contributed by atoms with Crippen LogP contribution in [0.3, 0.4) is 0 Å². The standard InChI is InChI=1S/C22H21FN4O4/c1-11-4-7-18(28)19(11)26-22(31)20(29)15-9-17(27(3)12(15)2)21(30)25-14-5-6-16(23)13(8-14)10-24/h5-6,8-9,18-19,28H,1,4,7H2,2-3H3,(H,25,30)(H,26,31)/t18-,19+/m1/s1. The van der Waals surface area contributed by atoms with E-state index in [2.05, 4.69) is 17.2 Å². The average Bonchev–Trinajstić information content (AvgIpc) is 3.22. The van der Waals surface area contributed by atoms with Crippen LogP contribution < -0.4 is 10.6 Å². The van der Waals surface area contributed by atoms with Crippen LogP contribution in [0.25, 0.3) is 0 Å². The highest BCUT2D eigenvalue weighted by atomic mass is 19.1. The van der Waals surface area contributed by atoms with Gasteiger partial charge in [-0.15, -0.1) is 0 Å². The second-order valence-electron chi connectivity index (χ2n) is 7.39. The summed E-state index contributed by atoms with van der Waals surface area (Å²) in [5.74, 6) is -3.04. The molecule has 0 spiro atoms. The molecule has 1 heterocycles. The molecule has 0 aliphatic heterocycles. The molecule has 1 saturated carbocycles. The molecule has 3 rings (SSSR count). The summed E-state index contributed by atoms with van der Waals surface area (Å²) in [6.07, 6.45) is 0.228. The molecule has 31 heavy (non-hydrogen) atoms. The van der Waals surface area contributed by atoms with E-state index in [-0.39, 0.29) is 22.5 Å². The summed E-state index contributed by atoms with van der Waals surface area (Å²) in [6.45, 7) is 5.39. The summed E-state index contributed by atoms with van der Waals surface area (Å²) in [7, 11) is 1.56. The van der Waals surface area contributed by atoms with Crippen LogP contribution >= 0.6 is 0 Å². The van der Waals surface area contributed by atoms with Gasteiger partial charge in [0.15, 0.2) is 0 Å². The fourth-order valence-corrected chi connectivity index (χ4v) is 3.49. The number of hydrogen-bond donors (Lipinski definition) is 3. The van der Waals surface area contributed by atoms with Crippen molar-refractivity contribution < 1.29 is 23.9 Å². The van der Waals surface area contributed by atoms with Crippen molar-refractivity contribution in [1.82, 2.24) is 9.88 Å². The lowest BCUT2D eigenvalue weighted by molar-refractivity contribution is -0.118. The van der Waals surface area contributed by atoms with Gasteiger partial charge in [0.1, 0.15) is 17.6 Å². The number of nitrogens with one attached hydrogen (secondary N) is 2. The predicted octanol–water partition coefficient (Wildman–Crippen LogP) is 1.98. The highest BCUT2D eigenvalue weighted by Crippen LogP contribution is 2.24. The number of carbonyl (C=O) groups is 3. The van der Waals surface area contributed by atoms with Crippen LogP contribution in [0.1, 0.15) is 44.9 Å². The molecule has 2 atom stereocenters. The number of carbonyl (C=O) groups excluding carboxylic acids is 3. The van der Waals surface area contributed by atoms with E-state index in [1.807, 2.05) is 0 Å². The molecule has 1 fully saturated rings. The van der Waals surface area contributed by atoms with Crippen molar-refractivity contribution in [1.29, 1.82) is 5.26 Å². The first-order valence-corrected chi connectivity index (χ1v) is 9.52. The third-order valence-corrected chi connectivity index (χ3v) is 5.44. The molecule has 1 aromatic carbocycles. The topological polar surface area (TPSA) is 124 Å². The highest BCUT2D eigenvalue weighted by molar-refractivity contribution is 6.43. The Morgan fingerprint density at radius 2 is 2.03 bits per heavy atom. The number of aliphatic hydroxyl groups is 1. The van der Waals surface area contributed by atoms with Gasteiger partial charge in [-0.05, 0) is 44.0 Å². The van der Waals surface area contributed by atoms with Gasteiger partial charge in [-0.2, -0.15) is 5.26 Å². The van der Waals surface area contributed by atoms with Gasteiger partial charge in [0.05, 0.1) is 17.7 Å². The molecule has 0 bridgehead atoms. The number of anilines is 1. The molecule has 1 aliphatic carbocycles. The minimum Gasteiger partial charge on any atom is -0.391 e. The van der Waals surface area contributed by atoms with Gasteiger partial charge in [-0.1, -0.05) is 12.2 Å². The summed E-state index contributed by atoms with van der Waals surface area (Å²) >= 11 is 0. The lowest BCUT2D eigenvalue weighted by atomic mass is 10.1. The predicted molar refractivity (Wildman–Crippen MR) is 110 cm³/mol. The molecule has 160 valence electrons. The zero-order valence-corrected chi connectivity index (χ0v) is 17.0. The molecule has 0 saturated heterocycles. The maximum Gasteiger partial charge on any atom is 0.293 e. The summed E-state index contributed by atoms with van der Waals surface area (Å²) in [5.41, 5.74) is 1.18. The van der Waals surface area contributed by atoms with E-state index in [0.29, 0.717) is 24.1 Å². The molecule has 1 aromatic heterocycles. The molecule has 0 unspecified atom stereocenters. The van der Waals surface area contributed by atoms with Crippen LogP contribution in [0, 0.1) is 24.1 Å². The Hall–Kier alpha value is -3.77. The number of benzene rings is 1. The number of Topliss-reactive ketones (excluding diaryl/α,β-unsaturated/α-hetero) is 1. The van der Waals surface area contributed by atoms with Crippen LogP contribution in [0.5, 0.6) is 0 Å². The van der Waals surface area contributed by atoms with Crippen LogP contribution in [-0.4, -0.2) is 39.4 Å². The number of nitrogens with zero attached hydrogens (tertiary/aromatic N) is 2. The van der Waals surface area contributed by atoms with Gasteiger partial charge >= 0.3 is 0 Å². The summed E-state index contributed by atoms with van der Waals surface area (Å²) in [5, 5.41) is 23.9. The molecule has 1 aliphatic rings. The second-order valence-corrected chi connectivity index (χ2v) is 7.39. The van der Waals surface area contributed by atoms with E-state index >= 15 is 0 Å². The normalized spacial score (nSPS) is 17.8. The van der Waals surface area contributed by atoms with Gasteiger partial charge in [-0.3, -0.25) is 14.4 Å². The van der Waals surface area contributed by atoms with Crippen LogP contribution in [-0.2, 0) is 11.8 Å². The number of amides is 2. The van der Waals surface area contributed by atoms with Crippen molar-refractivity contribution in [2.24, 2.45) is 7.05 Å². The van der Waals surface area contributed by atoms with Gasteiger partial charge in [0, 0.05) is 24.0 Å². The fourth-order valence-electron chi connectivity index (χ4n) is 3.49. The van der Waals surface area contributed by atoms with Crippen molar-refractivity contribution in [2.75, 3.05) is 5.32 Å². The van der Waals surface area contributed by atoms with E-state index in [0.717, 1.165) is 6.07 Å². The third kappa shape index (κ3) is 4.25. The number of rotatable bonds is 5. The molecule has 0 radical (unpaired) electrons. The fraction of sp³-hybridized carbons (Fsp3) is 0.273. The van der Waals surface area contributed by atoms with Crippen molar-refractivity contribution in [3.8, 4) is 6.07 Å². The molecule has 8 nitrogen and oxygen atoms in total. The zero-order valence-electron chi connectivity index (χ0n) is 17.0. The van der Waals surface area contributed by atoms with E-state index in [4.69, 9.17) is 5.26 Å². The van der Waals surface area contributed by atoms with Crippen LogP contribution in [0.15, 0.2) is 36.4 Å². The molecule has 3 N–H and O–H groups in total. The first kappa shape index (κ1) is 21.9. The summed E-state index contributed by atoms with van der Waals surface area (Å²) in [4.78, 5) is 37.8. The number of ketones is 1. The van der Waals surface area contributed by atoms with Gasteiger partial charge in [-0.25, -0.2) is 4.39 Å². The van der Waals surface area contributed by atoms with Crippen LogP contribution in [0.2, 0.25) is 0 Å². The van der Waals surface area contributed by atoms with Crippen molar-refractivity contribution in [2.45, 2.75) is 31.9 Å². The number of nitriles is 1. The van der Waals surface area contributed by atoms with E-state index < -0.39 is 35.6 Å². The quantitative estimate of drug-likeness (QED) is 0.385. The lowest BCUT2D eigenvalue weighted by Crippen LogP contribution is -2.44. The SMILES string of the molecule is C=C1CC[C@@H](O)[C@H]1NC(=O)C(=O)c1cc(C(=O)Nc2ccc(F)c(C#N)c2)n(C)c1C. The van der Waals surface area contributed by atoms with Crippen molar-refractivity contribution in [3.63, 3.8) is 0 Å². The molecule has 9 heteroatoms. The first-order valence-electron chi connectivity index (χ1n) is 9.52. The second kappa shape index (κ2) is 8.53. The highest BCUT2D eigenvalue weighted by Gasteiger charge is 2.33. The zero-order chi connectivity index (χ0) is 22.9. The molecular formula is C22H21FN4O4. The van der Waals surface area contributed by atoms with E-state index in [1.165, 1.54) is 22.8 Å². The maximum absolute atomic E-state index is 13.5. The monoisotopic (exact) mass is 424 g/mol. The Balaban J connectivity index is 1.80. The van der Waals surface area contributed by atoms with Gasteiger partial charge in [0.2, 0.25) is 0 Å². The first-order chi connectivity index (χ1) is 14.6. The molecular weight excluding hydrogens is 403 g/mol. The van der Waals surface area contributed by atoms with Gasteiger partial charge < -0.3 is 20.3 Å². The Kier molecular flexibility index (Phi) is 6.04. The molecule has 2 amide bonds. The maximum atomic E-state index is 13.5. The summed E-state index contributed by atoms with van der Waals surface area (Å²) < 4.78 is 14.9. The summed E-state index contributed by atoms with van der Waals surface area (Å²) in [6, 6.07) is 5.87. The minimum absolute atomic E-state index is 0.0417. The number of aliphatic hydroxyl groups excluding tert-OH is 1. The van der Waals surface area contributed by atoms with E-state index in [1.54, 1.807) is 20.0 Å². The average molecular weight is 424 g/mol. The van der Waals surface area contributed by atoms with E-state index in [9.17, 15) is 23.9 Å². The Morgan fingerprint density at radius 1 is 1.32 bits per heavy atom. The van der Waals surface area contributed by atoms with Crippen molar-refractivity contribution in [3.05, 3.63) is 64.7 Å². The Labute approximate surface area is 178 Å². The van der Waals surface area contributed by atoms with Crippen LogP contribution in [0.4, 0.5) is 10.1 Å². The molecule has 2 aromatic rings. The minimum atomic E-state index is -0.898. The van der Waals surface area contributed by atoms with Gasteiger partial charge in [0.25, 0.3) is 17.6 Å². The third-order valence-electron chi connectivity index (χ3n) is 5.44. The number of hydrogen-bond acceptors (Lipinski definition) is 5. The number of aromatic nitrogens is 1. The lowest BCUT2D eigenvalue weighted by Gasteiger charge is -2.17. The van der Waals surface area contributed by atoms with Crippen molar-refractivity contribution >= 4 is 23.3 Å². The smallest absolute Gasteiger partial charge is 0.293 e. The Bertz CT molecular complexity index is 1150.